The van der Waals surface area contributed by atoms with E-state index in [0.717, 1.165) is 0 Å². The van der Waals surface area contributed by atoms with E-state index in [1.54, 1.807) is 0 Å². The molecule has 1 unspecified atom stereocenters. The minimum Gasteiger partial charge on any atom is -0.397 e. The minimum atomic E-state index is -1.31. The molecule has 1 aromatic rings. The summed E-state index contributed by atoms with van der Waals surface area (Å²) in [6.45, 7) is 0.984. The Morgan fingerprint density at radius 1 is 1.73 bits per heavy atom. The van der Waals surface area contributed by atoms with E-state index >= 15 is 0 Å². The van der Waals surface area contributed by atoms with E-state index in [2.05, 4.69) is 10.3 Å². The standard InChI is InChI=1S/C9H15N3O3/c1-9(15,5-13)4-12-8(14)7-2-6(10)3-11-7/h2-3,11,13,15H,4-5,10H2,1H3,(H,12,14). The highest BCUT2D eigenvalue weighted by molar-refractivity contribution is 5.93. The lowest BCUT2D eigenvalue weighted by Gasteiger charge is -2.20. The van der Waals surface area contributed by atoms with E-state index < -0.39 is 12.2 Å². The summed E-state index contributed by atoms with van der Waals surface area (Å²) >= 11 is 0. The number of carbonyl (C=O) groups excluding carboxylic acids is 1. The second-order valence-electron chi connectivity index (χ2n) is 3.68. The molecule has 0 saturated heterocycles. The van der Waals surface area contributed by atoms with Gasteiger partial charge in [0.15, 0.2) is 0 Å². The predicted molar refractivity (Wildman–Crippen MR) is 55.2 cm³/mol. The minimum absolute atomic E-state index is 0.0265. The predicted octanol–water partition coefficient (Wildman–Crippen LogP) is -0.930. The van der Waals surface area contributed by atoms with Gasteiger partial charge in [0.25, 0.3) is 5.91 Å². The zero-order valence-corrected chi connectivity index (χ0v) is 8.45. The number of aliphatic hydroxyl groups excluding tert-OH is 1. The maximum Gasteiger partial charge on any atom is 0.267 e. The van der Waals surface area contributed by atoms with Gasteiger partial charge < -0.3 is 26.2 Å². The number of carbonyl (C=O) groups is 1. The number of amides is 1. The third-order valence-corrected chi connectivity index (χ3v) is 1.92. The van der Waals surface area contributed by atoms with Crippen LogP contribution < -0.4 is 11.1 Å². The molecule has 1 aromatic heterocycles. The summed E-state index contributed by atoms with van der Waals surface area (Å²) in [6.07, 6.45) is 1.50. The van der Waals surface area contributed by atoms with Crippen molar-refractivity contribution in [1.82, 2.24) is 10.3 Å². The molecule has 6 nitrogen and oxygen atoms in total. The van der Waals surface area contributed by atoms with Gasteiger partial charge >= 0.3 is 0 Å². The molecular formula is C9H15N3O3. The number of aliphatic hydroxyl groups is 2. The molecule has 0 bridgehead atoms. The number of aromatic amines is 1. The average molecular weight is 213 g/mol. The zero-order chi connectivity index (χ0) is 11.5. The SMILES string of the molecule is CC(O)(CO)CNC(=O)c1cc(N)c[nH]1. The Morgan fingerprint density at radius 2 is 2.40 bits per heavy atom. The van der Waals surface area contributed by atoms with E-state index in [1.807, 2.05) is 0 Å². The fourth-order valence-corrected chi connectivity index (χ4v) is 0.964. The van der Waals surface area contributed by atoms with Crippen molar-refractivity contribution in [3.63, 3.8) is 0 Å². The molecule has 0 aromatic carbocycles. The van der Waals surface area contributed by atoms with Crippen molar-refractivity contribution < 1.29 is 15.0 Å². The van der Waals surface area contributed by atoms with Crippen molar-refractivity contribution in [2.24, 2.45) is 0 Å². The zero-order valence-electron chi connectivity index (χ0n) is 8.45. The van der Waals surface area contributed by atoms with Gasteiger partial charge in [-0.15, -0.1) is 0 Å². The number of nitrogens with one attached hydrogen (secondary N) is 2. The van der Waals surface area contributed by atoms with Gasteiger partial charge in [0.1, 0.15) is 11.3 Å². The molecule has 0 radical (unpaired) electrons. The van der Waals surface area contributed by atoms with E-state index in [1.165, 1.54) is 19.2 Å². The highest BCUT2D eigenvalue weighted by atomic mass is 16.3. The first-order valence-corrected chi connectivity index (χ1v) is 4.50. The maximum atomic E-state index is 11.4. The molecule has 84 valence electrons. The third-order valence-electron chi connectivity index (χ3n) is 1.92. The van der Waals surface area contributed by atoms with E-state index in [4.69, 9.17) is 10.8 Å². The molecule has 0 aliphatic carbocycles. The number of anilines is 1. The van der Waals surface area contributed by atoms with Gasteiger partial charge in [0.05, 0.1) is 6.61 Å². The summed E-state index contributed by atoms with van der Waals surface area (Å²) in [4.78, 5) is 14.1. The monoisotopic (exact) mass is 213 g/mol. The Hall–Kier alpha value is -1.53. The Kier molecular flexibility index (Phi) is 3.33. The summed E-state index contributed by atoms with van der Waals surface area (Å²) in [6, 6.07) is 1.49. The normalized spacial score (nSPS) is 14.6. The molecule has 0 aliphatic heterocycles. The quantitative estimate of drug-likeness (QED) is 0.445. The van der Waals surface area contributed by atoms with Crippen LogP contribution >= 0.6 is 0 Å². The van der Waals surface area contributed by atoms with Crippen LogP contribution in [-0.4, -0.2) is 39.9 Å². The van der Waals surface area contributed by atoms with Crippen LogP contribution in [0.4, 0.5) is 5.69 Å². The van der Waals surface area contributed by atoms with Crippen LogP contribution in [0, 0.1) is 0 Å². The molecule has 0 saturated carbocycles. The van der Waals surface area contributed by atoms with Gasteiger partial charge in [-0.1, -0.05) is 0 Å². The van der Waals surface area contributed by atoms with E-state index in [9.17, 15) is 9.90 Å². The lowest BCUT2D eigenvalue weighted by molar-refractivity contribution is 0.00316. The first-order valence-electron chi connectivity index (χ1n) is 4.50. The lowest BCUT2D eigenvalue weighted by Crippen LogP contribution is -2.43. The van der Waals surface area contributed by atoms with Crippen LogP contribution in [0.3, 0.4) is 0 Å². The summed E-state index contributed by atoms with van der Waals surface area (Å²) < 4.78 is 0. The number of rotatable bonds is 4. The molecule has 1 amide bonds. The number of nitrogen functional groups attached to an aromatic ring is 1. The molecule has 6 N–H and O–H groups in total. The fraction of sp³-hybridized carbons (Fsp3) is 0.444. The van der Waals surface area contributed by atoms with Crippen LogP contribution in [-0.2, 0) is 0 Å². The summed E-state index contributed by atoms with van der Waals surface area (Å²) in [5.41, 5.74) is 4.90. The highest BCUT2D eigenvalue weighted by Crippen LogP contribution is 2.05. The van der Waals surface area contributed by atoms with Crippen LogP contribution in [0.15, 0.2) is 12.3 Å². The molecule has 15 heavy (non-hydrogen) atoms. The Balaban J connectivity index is 2.50. The molecule has 0 aliphatic rings. The molecule has 1 atom stereocenters. The first kappa shape index (κ1) is 11.5. The van der Waals surface area contributed by atoms with Crippen molar-refractivity contribution >= 4 is 11.6 Å². The van der Waals surface area contributed by atoms with E-state index in [0.29, 0.717) is 11.4 Å². The van der Waals surface area contributed by atoms with Crippen molar-refractivity contribution in [2.75, 3.05) is 18.9 Å². The maximum absolute atomic E-state index is 11.4. The Morgan fingerprint density at radius 3 is 2.87 bits per heavy atom. The second-order valence-corrected chi connectivity index (χ2v) is 3.68. The van der Waals surface area contributed by atoms with Gasteiger partial charge in [-0.05, 0) is 13.0 Å². The van der Waals surface area contributed by atoms with E-state index in [-0.39, 0.29) is 12.5 Å². The number of aromatic nitrogens is 1. The summed E-state index contributed by atoms with van der Waals surface area (Å²) in [5, 5.41) is 20.6. The van der Waals surface area contributed by atoms with Gasteiger partial charge in [0, 0.05) is 18.4 Å². The van der Waals surface area contributed by atoms with Gasteiger partial charge in [0.2, 0.25) is 0 Å². The highest BCUT2D eigenvalue weighted by Gasteiger charge is 2.20. The largest absolute Gasteiger partial charge is 0.397 e. The fourth-order valence-electron chi connectivity index (χ4n) is 0.964. The third kappa shape index (κ3) is 3.26. The average Bonchev–Trinajstić information content (AvgIpc) is 2.61. The lowest BCUT2D eigenvalue weighted by atomic mass is 10.1. The van der Waals surface area contributed by atoms with Crippen LogP contribution in [0.25, 0.3) is 0 Å². The van der Waals surface area contributed by atoms with Crippen molar-refractivity contribution in [3.05, 3.63) is 18.0 Å². The number of hydrogen-bond acceptors (Lipinski definition) is 4. The topological polar surface area (TPSA) is 111 Å². The summed E-state index contributed by atoms with van der Waals surface area (Å²) in [5.74, 6) is -0.375. The smallest absolute Gasteiger partial charge is 0.267 e. The van der Waals surface area contributed by atoms with Crippen LogP contribution in [0.5, 0.6) is 0 Å². The second kappa shape index (κ2) is 4.33. The van der Waals surface area contributed by atoms with Gasteiger partial charge in [-0.3, -0.25) is 4.79 Å². The number of hydrogen-bond donors (Lipinski definition) is 5. The van der Waals surface area contributed by atoms with Crippen LogP contribution in [0.2, 0.25) is 0 Å². The molecule has 0 spiro atoms. The number of nitrogens with two attached hydrogens (primary N) is 1. The van der Waals surface area contributed by atoms with Crippen molar-refractivity contribution in [2.45, 2.75) is 12.5 Å². The molecule has 0 fully saturated rings. The molecular weight excluding hydrogens is 198 g/mol. The number of H-pyrrole nitrogens is 1. The Bertz CT molecular complexity index is 346. The summed E-state index contributed by atoms with van der Waals surface area (Å²) in [7, 11) is 0. The van der Waals surface area contributed by atoms with Gasteiger partial charge in [-0.25, -0.2) is 0 Å². The van der Waals surface area contributed by atoms with Crippen molar-refractivity contribution in [3.8, 4) is 0 Å². The Labute approximate surface area is 87.1 Å². The molecule has 1 heterocycles. The van der Waals surface area contributed by atoms with Gasteiger partial charge in [-0.2, -0.15) is 0 Å². The van der Waals surface area contributed by atoms with Crippen molar-refractivity contribution in [1.29, 1.82) is 0 Å². The molecule has 6 heteroatoms. The molecule has 1 rings (SSSR count). The first-order chi connectivity index (χ1) is 6.94. The van der Waals surface area contributed by atoms with Crippen LogP contribution in [0.1, 0.15) is 17.4 Å².